The average molecular weight is 351 g/mol. The molecule has 0 saturated heterocycles. The van der Waals surface area contributed by atoms with Crippen molar-refractivity contribution in [1.82, 2.24) is 14.4 Å². The highest BCUT2D eigenvalue weighted by molar-refractivity contribution is 6.12. The van der Waals surface area contributed by atoms with E-state index >= 15 is 0 Å². The van der Waals surface area contributed by atoms with Crippen molar-refractivity contribution in [2.45, 2.75) is 26.7 Å². The first-order chi connectivity index (χ1) is 13.3. The number of benzene rings is 2. The van der Waals surface area contributed by atoms with Gasteiger partial charge in [-0.15, -0.1) is 0 Å². The van der Waals surface area contributed by atoms with Crippen LogP contribution in [0, 0.1) is 0 Å². The summed E-state index contributed by atoms with van der Waals surface area (Å²) in [5.41, 5.74) is 7.29. The van der Waals surface area contributed by atoms with Gasteiger partial charge in [-0.2, -0.15) is 0 Å². The normalized spacial score (nSPS) is 11.6. The Bertz CT molecular complexity index is 1280. The summed E-state index contributed by atoms with van der Waals surface area (Å²) in [6.07, 6.45) is 7.86. The van der Waals surface area contributed by atoms with Gasteiger partial charge in [0.15, 0.2) is 0 Å². The third-order valence-electron chi connectivity index (χ3n) is 5.52. The van der Waals surface area contributed by atoms with Crippen LogP contribution >= 0.6 is 0 Å². The summed E-state index contributed by atoms with van der Waals surface area (Å²) in [7, 11) is 0. The van der Waals surface area contributed by atoms with Crippen LogP contribution in [0.15, 0.2) is 67.1 Å². The van der Waals surface area contributed by atoms with Crippen LogP contribution in [0.4, 0.5) is 0 Å². The molecule has 0 aliphatic carbocycles. The molecular formula is C24H21N3. The van der Waals surface area contributed by atoms with Gasteiger partial charge in [-0.1, -0.05) is 56.3 Å². The van der Waals surface area contributed by atoms with Crippen molar-refractivity contribution in [2.75, 3.05) is 0 Å². The van der Waals surface area contributed by atoms with E-state index in [1.807, 2.05) is 18.6 Å². The highest BCUT2D eigenvalue weighted by Gasteiger charge is 2.17. The van der Waals surface area contributed by atoms with E-state index in [-0.39, 0.29) is 0 Å². The minimum absolute atomic E-state index is 0.994. The van der Waals surface area contributed by atoms with Crippen molar-refractivity contribution in [3.05, 3.63) is 78.2 Å². The molecule has 3 nitrogen and oxygen atoms in total. The fourth-order valence-corrected chi connectivity index (χ4v) is 4.24. The molecule has 5 rings (SSSR count). The second-order valence-corrected chi connectivity index (χ2v) is 6.90. The van der Waals surface area contributed by atoms with Gasteiger partial charge in [0.05, 0.1) is 23.6 Å². The number of rotatable bonds is 3. The lowest BCUT2D eigenvalue weighted by Gasteiger charge is -2.15. The Morgan fingerprint density at radius 2 is 1.52 bits per heavy atom. The Kier molecular flexibility index (Phi) is 3.68. The highest BCUT2D eigenvalue weighted by atomic mass is 15.0. The molecule has 3 heteroatoms. The number of hydrogen-bond acceptors (Lipinski definition) is 2. The molecule has 3 aromatic heterocycles. The number of aryl methyl sites for hydroxylation is 2. The summed E-state index contributed by atoms with van der Waals surface area (Å²) in [5, 5.41) is 3.60. The topological polar surface area (TPSA) is 30.2 Å². The van der Waals surface area contributed by atoms with Crippen molar-refractivity contribution < 1.29 is 0 Å². The number of pyridine rings is 2. The van der Waals surface area contributed by atoms with Gasteiger partial charge in [-0.25, -0.2) is 4.98 Å². The molecule has 132 valence electrons. The van der Waals surface area contributed by atoms with Gasteiger partial charge in [0, 0.05) is 22.5 Å². The lowest BCUT2D eigenvalue weighted by molar-refractivity contribution is 1.08. The zero-order chi connectivity index (χ0) is 18.4. The lowest BCUT2D eigenvalue weighted by Crippen LogP contribution is -1.99. The number of hydrogen-bond donors (Lipinski definition) is 0. The molecule has 5 aromatic rings. The summed E-state index contributed by atoms with van der Waals surface area (Å²) in [6, 6.07) is 17.2. The van der Waals surface area contributed by atoms with Crippen molar-refractivity contribution in [2.24, 2.45) is 0 Å². The maximum absolute atomic E-state index is 4.86. The van der Waals surface area contributed by atoms with Gasteiger partial charge in [-0.3, -0.25) is 9.38 Å². The first-order valence-electron chi connectivity index (χ1n) is 9.56. The monoisotopic (exact) mass is 351 g/mol. The Hall–Kier alpha value is -3.20. The number of imidazole rings is 1. The molecule has 0 radical (unpaired) electrons. The maximum atomic E-state index is 4.86. The number of aromatic nitrogens is 3. The van der Waals surface area contributed by atoms with E-state index in [9.17, 15) is 0 Å². The standard InChI is InChI=1S/C24H21N3/c1-3-16-8-7-9-17(4-2)23(16)22-15-26-24-20-11-6-5-10-18(20)19-12-13-25-14-21(19)27(22)24/h5-15H,3-4H2,1-2H3. The van der Waals surface area contributed by atoms with Crippen LogP contribution in [0.5, 0.6) is 0 Å². The highest BCUT2D eigenvalue weighted by Crippen LogP contribution is 2.35. The van der Waals surface area contributed by atoms with E-state index in [4.69, 9.17) is 4.98 Å². The van der Waals surface area contributed by atoms with Crippen molar-refractivity contribution in [3.63, 3.8) is 0 Å². The van der Waals surface area contributed by atoms with Gasteiger partial charge >= 0.3 is 0 Å². The third-order valence-corrected chi connectivity index (χ3v) is 5.52. The molecule has 0 fully saturated rings. The predicted molar refractivity (Wildman–Crippen MR) is 112 cm³/mol. The predicted octanol–water partition coefficient (Wildman–Crippen LogP) is 5.83. The zero-order valence-corrected chi connectivity index (χ0v) is 15.6. The van der Waals surface area contributed by atoms with Crippen molar-refractivity contribution in [1.29, 1.82) is 0 Å². The first kappa shape index (κ1) is 16.0. The molecule has 0 N–H and O–H groups in total. The summed E-state index contributed by atoms with van der Waals surface area (Å²) >= 11 is 0. The molecule has 0 spiro atoms. The van der Waals surface area contributed by atoms with Crippen LogP contribution in [0.2, 0.25) is 0 Å². The second-order valence-electron chi connectivity index (χ2n) is 6.90. The molecule has 0 unspecified atom stereocenters. The largest absolute Gasteiger partial charge is 0.290 e. The quantitative estimate of drug-likeness (QED) is 0.383. The second kappa shape index (κ2) is 6.20. The van der Waals surface area contributed by atoms with Gasteiger partial charge in [0.25, 0.3) is 0 Å². The Labute approximate surface area is 158 Å². The van der Waals surface area contributed by atoms with E-state index in [2.05, 4.69) is 71.8 Å². The zero-order valence-electron chi connectivity index (χ0n) is 15.6. The van der Waals surface area contributed by atoms with Crippen LogP contribution in [-0.4, -0.2) is 14.4 Å². The van der Waals surface area contributed by atoms with Crippen LogP contribution in [0.25, 0.3) is 38.6 Å². The average Bonchev–Trinajstić information content (AvgIpc) is 3.18. The number of fused-ring (bicyclic) bond motifs is 6. The van der Waals surface area contributed by atoms with E-state index in [1.165, 1.54) is 32.8 Å². The van der Waals surface area contributed by atoms with Crippen LogP contribution in [-0.2, 0) is 12.8 Å². The maximum Gasteiger partial charge on any atom is 0.145 e. The van der Waals surface area contributed by atoms with Gasteiger partial charge in [0.2, 0.25) is 0 Å². The summed E-state index contributed by atoms with van der Waals surface area (Å²) in [5.74, 6) is 0. The minimum atomic E-state index is 0.994. The minimum Gasteiger partial charge on any atom is -0.290 e. The van der Waals surface area contributed by atoms with E-state index in [1.54, 1.807) is 0 Å². The van der Waals surface area contributed by atoms with Crippen molar-refractivity contribution in [3.8, 4) is 11.3 Å². The van der Waals surface area contributed by atoms with Gasteiger partial charge in [0.1, 0.15) is 5.65 Å². The fraction of sp³-hybridized carbons (Fsp3) is 0.167. The molecular weight excluding hydrogens is 330 g/mol. The fourth-order valence-electron chi connectivity index (χ4n) is 4.24. The van der Waals surface area contributed by atoms with Crippen LogP contribution < -0.4 is 0 Å². The van der Waals surface area contributed by atoms with Gasteiger partial charge in [-0.05, 0) is 35.4 Å². The molecule has 0 amide bonds. The van der Waals surface area contributed by atoms with Crippen molar-refractivity contribution >= 4 is 27.3 Å². The lowest BCUT2D eigenvalue weighted by atomic mass is 9.95. The Morgan fingerprint density at radius 3 is 2.26 bits per heavy atom. The molecule has 27 heavy (non-hydrogen) atoms. The Balaban J connectivity index is 2.01. The van der Waals surface area contributed by atoms with Crippen LogP contribution in [0.3, 0.4) is 0 Å². The van der Waals surface area contributed by atoms with E-state index in [0.717, 1.165) is 29.7 Å². The number of nitrogens with zero attached hydrogens (tertiary/aromatic N) is 3. The molecule has 0 bridgehead atoms. The SMILES string of the molecule is CCc1cccc(CC)c1-c1cnc2c3ccccc3c3ccncc3n12. The van der Waals surface area contributed by atoms with Crippen LogP contribution in [0.1, 0.15) is 25.0 Å². The van der Waals surface area contributed by atoms with Gasteiger partial charge < -0.3 is 0 Å². The molecule has 2 aromatic carbocycles. The van der Waals surface area contributed by atoms with E-state index < -0.39 is 0 Å². The molecule has 0 aliphatic rings. The van der Waals surface area contributed by atoms with E-state index in [0.29, 0.717) is 0 Å². The summed E-state index contributed by atoms with van der Waals surface area (Å²) in [6.45, 7) is 4.44. The summed E-state index contributed by atoms with van der Waals surface area (Å²) < 4.78 is 2.29. The smallest absolute Gasteiger partial charge is 0.145 e. The first-order valence-corrected chi connectivity index (χ1v) is 9.56. The Morgan fingerprint density at radius 1 is 0.778 bits per heavy atom. The molecule has 0 aliphatic heterocycles. The molecule has 0 atom stereocenters. The third kappa shape index (κ3) is 2.28. The molecule has 3 heterocycles. The summed E-state index contributed by atoms with van der Waals surface area (Å²) in [4.78, 5) is 9.28. The molecule has 0 saturated carbocycles.